The van der Waals surface area contributed by atoms with E-state index in [2.05, 4.69) is 17.2 Å². The summed E-state index contributed by atoms with van der Waals surface area (Å²) in [4.78, 5) is 13.2. The Morgan fingerprint density at radius 3 is 2.31 bits per heavy atom. The van der Waals surface area contributed by atoms with E-state index in [-0.39, 0.29) is 5.91 Å². The SMILES string of the molecule is CC1=NN(c2ccccc2)C(=O)/C1=C/c1c(OCc2ccccc2)ccc2ccccc12. The van der Waals surface area contributed by atoms with Crippen LogP contribution in [-0.4, -0.2) is 11.6 Å². The van der Waals surface area contributed by atoms with Gasteiger partial charge in [0.25, 0.3) is 5.91 Å². The van der Waals surface area contributed by atoms with Crippen LogP contribution in [0.2, 0.25) is 0 Å². The van der Waals surface area contributed by atoms with Crippen molar-refractivity contribution in [1.82, 2.24) is 0 Å². The van der Waals surface area contributed by atoms with Gasteiger partial charge in [-0.2, -0.15) is 10.1 Å². The van der Waals surface area contributed by atoms with E-state index in [1.165, 1.54) is 5.01 Å². The smallest absolute Gasteiger partial charge is 0.280 e. The number of ether oxygens (including phenoxy) is 1. The molecular weight excluding hydrogens is 396 g/mol. The quantitative estimate of drug-likeness (QED) is 0.361. The zero-order chi connectivity index (χ0) is 21.9. The Labute approximate surface area is 187 Å². The van der Waals surface area contributed by atoms with Gasteiger partial charge in [-0.25, -0.2) is 0 Å². The van der Waals surface area contributed by atoms with Crippen LogP contribution in [0.5, 0.6) is 5.75 Å². The molecule has 1 heterocycles. The monoisotopic (exact) mass is 418 g/mol. The average Bonchev–Trinajstić information content (AvgIpc) is 3.13. The Kier molecular flexibility index (Phi) is 5.26. The van der Waals surface area contributed by atoms with Crippen LogP contribution in [-0.2, 0) is 11.4 Å². The minimum absolute atomic E-state index is 0.143. The topological polar surface area (TPSA) is 41.9 Å². The van der Waals surface area contributed by atoms with Gasteiger partial charge >= 0.3 is 0 Å². The summed E-state index contributed by atoms with van der Waals surface area (Å²) < 4.78 is 6.21. The second-order valence-corrected chi connectivity index (χ2v) is 7.67. The van der Waals surface area contributed by atoms with E-state index in [0.717, 1.165) is 33.3 Å². The van der Waals surface area contributed by atoms with Gasteiger partial charge in [-0.1, -0.05) is 78.9 Å². The summed E-state index contributed by atoms with van der Waals surface area (Å²) in [6, 6.07) is 31.7. The lowest BCUT2D eigenvalue weighted by molar-refractivity contribution is -0.114. The molecule has 0 saturated carbocycles. The van der Waals surface area contributed by atoms with Gasteiger partial charge in [0.15, 0.2) is 0 Å². The Bertz CT molecular complexity index is 1340. The van der Waals surface area contributed by atoms with Crippen LogP contribution >= 0.6 is 0 Å². The molecule has 0 atom stereocenters. The third-order valence-electron chi connectivity index (χ3n) is 5.52. The molecule has 0 saturated heterocycles. The van der Waals surface area contributed by atoms with Crippen molar-refractivity contribution in [3.05, 3.63) is 114 Å². The number of carbonyl (C=O) groups excluding carboxylic acids is 1. The maximum atomic E-state index is 13.2. The predicted octanol–water partition coefficient (Wildman–Crippen LogP) is 6.22. The number of para-hydroxylation sites is 1. The summed E-state index contributed by atoms with van der Waals surface area (Å²) in [5.74, 6) is 0.592. The van der Waals surface area contributed by atoms with Gasteiger partial charge in [0, 0.05) is 5.56 Å². The molecule has 1 aliphatic heterocycles. The van der Waals surface area contributed by atoms with Gasteiger partial charge in [-0.15, -0.1) is 0 Å². The van der Waals surface area contributed by atoms with Gasteiger partial charge in [0.05, 0.1) is 17.0 Å². The van der Waals surface area contributed by atoms with Crippen molar-refractivity contribution < 1.29 is 9.53 Å². The Balaban J connectivity index is 1.56. The van der Waals surface area contributed by atoms with Gasteiger partial charge in [-0.05, 0) is 47.5 Å². The Morgan fingerprint density at radius 2 is 1.53 bits per heavy atom. The van der Waals surface area contributed by atoms with Crippen LogP contribution in [0, 0.1) is 0 Å². The molecule has 1 aliphatic rings. The molecule has 0 radical (unpaired) electrons. The first kappa shape index (κ1) is 19.8. The summed E-state index contributed by atoms with van der Waals surface area (Å²) in [5.41, 5.74) is 3.96. The molecule has 5 rings (SSSR count). The lowest BCUT2D eigenvalue weighted by Gasteiger charge is -2.14. The van der Waals surface area contributed by atoms with E-state index >= 15 is 0 Å². The average molecular weight is 418 g/mol. The molecule has 0 N–H and O–H groups in total. The molecule has 4 aromatic carbocycles. The van der Waals surface area contributed by atoms with Crippen molar-refractivity contribution in [3.63, 3.8) is 0 Å². The fourth-order valence-electron chi connectivity index (χ4n) is 3.86. The highest BCUT2D eigenvalue weighted by molar-refractivity contribution is 6.32. The van der Waals surface area contributed by atoms with Gasteiger partial charge in [0.2, 0.25) is 0 Å². The van der Waals surface area contributed by atoms with Gasteiger partial charge in [0.1, 0.15) is 12.4 Å². The van der Waals surface area contributed by atoms with Crippen molar-refractivity contribution in [2.75, 3.05) is 5.01 Å². The molecule has 0 aliphatic carbocycles. The van der Waals surface area contributed by atoms with Crippen LogP contribution in [0.15, 0.2) is 108 Å². The van der Waals surface area contributed by atoms with Crippen LogP contribution in [0.1, 0.15) is 18.1 Å². The molecular formula is C28H22N2O2. The first-order chi connectivity index (χ1) is 15.7. The van der Waals surface area contributed by atoms with Crippen LogP contribution in [0.4, 0.5) is 5.69 Å². The number of rotatable bonds is 5. The van der Waals surface area contributed by atoms with Crippen molar-refractivity contribution >= 4 is 34.2 Å². The van der Waals surface area contributed by atoms with Gasteiger partial charge in [-0.3, -0.25) is 4.79 Å². The number of benzene rings is 4. The largest absolute Gasteiger partial charge is 0.488 e. The van der Waals surface area contributed by atoms with E-state index in [9.17, 15) is 4.79 Å². The van der Waals surface area contributed by atoms with E-state index in [1.54, 1.807) is 0 Å². The lowest BCUT2D eigenvalue weighted by atomic mass is 9.99. The zero-order valence-electron chi connectivity index (χ0n) is 17.7. The molecule has 0 aromatic heterocycles. The minimum atomic E-state index is -0.143. The Morgan fingerprint density at radius 1 is 0.844 bits per heavy atom. The highest BCUT2D eigenvalue weighted by atomic mass is 16.5. The molecule has 4 heteroatoms. The molecule has 32 heavy (non-hydrogen) atoms. The maximum Gasteiger partial charge on any atom is 0.280 e. The predicted molar refractivity (Wildman–Crippen MR) is 130 cm³/mol. The number of hydrogen-bond donors (Lipinski definition) is 0. The highest BCUT2D eigenvalue weighted by Gasteiger charge is 2.29. The number of fused-ring (bicyclic) bond motifs is 1. The summed E-state index contributed by atoms with van der Waals surface area (Å²) in [6.07, 6.45) is 1.91. The van der Waals surface area contributed by atoms with Crippen LogP contribution < -0.4 is 9.75 Å². The third-order valence-corrected chi connectivity index (χ3v) is 5.52. The number of nitrogens with zero attached hydrogens (tertiary/aromatic N) is 2. The fourth-order valence-corrected chi connectivity index (χ4v) is 3.86. The van der Waals surface area contributed by atoms with Crippen LogP contribution in [0.3, 0.4) is 0 Å². The molecule has 1 amide bonds. The summed E-state index contributed by atoms with van der Waals surface area (Å²) in [7, 11) is 0. The molecule has 0 unspecified atom stereocenters. The molecule has 156 valence electrons. The standard InChI is InChI=1S/C28H22N2O2/c1-20-25(28(31)30(29-20)23-13-6-3-7-14-23)18-26-24-15-9-8-12-22(24)16-17-27(26)32-19-21-10-4-2-5-11-21/h2-18H,19H2,1H3/b25-18+. The highest BCUT2D eigenvalue weighted by Crippen LogP contribution is 2.33. The Hall–Kier alpha value is -4.18. The van der Waals surface area contributed by atoms with Crippen molar-refractivity contribution in [2.24, 2.45) is 5.10 Å². The number of hydrazone groups is 1. The first-order valence-corrected chi connectivity index (χ1v) is 10.6. The van der Waals surface area contributed by atoms with E-state index < -0.39 is 0 Å². The van der Waals surface area contributed by atoms with Crippen LogP contribution in [0.25, 0.3) is 16.8 Å². The van der Waals surface area contributed by atoms with Crippen molar-refractivity contribution in [3.8, 4) is 5.75 Å². The molecule has 0 bridgehead atoms. The van der Waals surface area contributed by atoms with Crippen molar-refractivity contribution in [1.29, 1.82) is 0 Å². The second kappa shape index (κ2) is 8.52. The van der Waals surface area contributed by atoms with E-state index in [0.29, 0.717) is 17.9 Å². The number of anilines is 1. The zero-order valence-corrected chi connectivity index (χ0v) is 17.7. The number of carbonyl (C=O) groups is 1. The molecule has 0 spiro atoms. The molecule has 4 aromatic rings. The molecule has 4 nitrogen and oxygen atoms in total. The molecule has 0 fully saturated rings. The maximum absolute atomic E-state index is 13.2. The number of hydrogen-bond acceptors (Lipinski definition) is 3. The van der Waals surface area contributed by atoms with Crippen molar-refractivity contribution in [2.45, 2.75) is 13.5 Å². The van der Waals surface area contributed by atoms with E-state index in [4.69, 9.17) is 4.74 Å². The van der Waals surface area contributed by atoms with E-state index in [1.807, 2.05) is 97.9 Å². The summed E-state index contributed by atoms with van der Waals surface area (Å²) >= 11 is 0. The second-order valence-electron chi connectivity index (χ2n) is 7.67. The number of amides is 1. The lowest BCUT2D eigenvalue weighted by Crippen LogP contribution is -2.21. The summed E-state index contributed by atoms with van der Waals surface area (Å²) in [6.45, 7) is 2.31. The third kappa shape index (κ3) is 3.79. The first-order valence-electron chi connectivity index (χ1n) is 10.6. The van der Waals surface area contributed by atoms with Gasteiger partial charge < -0.3 is 4.74 Å². The summed E-state index contributed by atoms with van der Waals surface area (Å²) in [5, 5.41) is 8.09. The minimum Gasteiger partial charge on any atom is -0.488 e. The fraction of sp³-hybridized carbons (Fsp3) is 0.0714. The normalized spacial score (nSPS) is 14.8.